The number of fused-ring (bicyclic) bond motifs is 1. The zero-order valence-corrected chi connectivity index (χ0v) is 13.6. The Morgan fingerprint density at radius 3 is 2.83 bits per heavy atom. The smallest absolute Gasteiger partial charge is 0.226 e. The van der Waals surface area contributed by atoms with Gasteiger partial charge in [-0.3, -0.25) is 4.79 Å². The van der Waals surface area contributed by atoms with Gasteiger partial charge in [0, 0.05) is 11.6 Å². The average Bonchev–Trinajstić information content (AvgIpc) is 2.59. The summed E-state index contributed by atoms with van der Waals surface area (Å²) in [7, 11) is 0. The van der Waals surface area contributed by atoms with Gasteiger partial charge in [-0.2, -0.15) is 0 Å². The second-order valence-corrected chi connectivity index (χ2v) is 6.21. The Morgan fingerprint density at radius 1 is 1.33 bits per heavy atom. The second kappa shape index (κ2) is 7.20. The van der Waals surface area contributed by atoms with Crippen LogP contribution >= 0.6 is 11.6 Å². The molecular formula is C18H17ClFNO3. The molecule has 1 aliphatic rings. The van der Waals surface area contributed by atoms with Crippen molar-refractivity contribution in [2.75, 3.05) is 13.2 Å². The van der Waals surface area contributed by atoms with E-state index in [1.807, 2.05) is 0 Å². The molecule has 0 aromatic heterocycles. The summed E-state index contributed by atoms with van der Waals surface area (Å²) in [5.41, 5.74) is 1.35. The predicted octanol–water partition coefficient (Wildman–Crippen LogP) is 2.88. The highest BCUT2D eigenvalue weighted by Crippen LogP contribution is 2.28. The first kappa shape index (κ1) is 16.7. The number of hydrogen-bond acceptors (Lipinski definition) is 3. The van der Waals surface area contributed by atoms with Gasteiger partial charge >= 0.3 is 0 Å². The van der Waals surface area contributed by atoms with Crippen LogP contribution in [0.15, 0.2) is 42.5 Å². The van der Waals surface area contributed by atoms with Crippen molar-refractivity contribution in [1.29, 1.82) is 0 Å². The minimum absolute atomic E-state index is 0.0903. The molecule has 0 spiro atoms. The van der Waals surface area contributed by atoms with Gasteiger partial charge in [0.15, 0.2) is 0 Å². The SMILES string of the molecule is O=C(NCC(O)c1ccc(Cl)cc1)C1COc2ccc(F)cc2C1. The van der Waals surface area contributed by atoms with Crippen molar-refractivity contribution in [1.82, 2.24) is 5.32 Å². The fourth-order valence-corrected chi connectivity index (χ4v) is 2.80. The number of nitrogens with one attached hydrogen (secondary N) is 1. The van der Waals surface area contributed by atoms with Gasteiger partial charge in [0.05, 0.1) is 12.0 Å². The van der Waals surface area contributed by atoms with E-state index in [1.54, 1.807) is 30.3 Å². The molecule has 2 atom stereocenters. The van der Waals surface area contributed by atoms with Crippen LogP contribution in [0.1, 0.15) is 17.2 Å². The molecule has 3 rings (SSSR count). The van der Waals surface area contributed by atoms with Gasteiger partial charge < -0.3 is 15.2 Å². The first-order chi connectivity index (χ1) is 11.5. The molecule has 2 unspecified atom stereocenters. The van der Waals surface area contributed by atoms with Gasteiger partial charge in [0.2, 0.25) is 5.91 Å². The van der Waals surface area contributed by atoms with Gasteiger partial charge in [0.1, 0.15) is 18.2 Å². The predicted molar refractivity (Wildman–Crippen MR) is 88.5 cm³/mol. The molecule has 4 nitrogen and oxygen atoms in total. The van der Waals surface area contributed by atoms with Crippen molar-refractivity contribution in [2.24, 2.45) is 5.92 Å². The van der Waals surface area contributed by atoms with Gasteiger partial charge in [-0.1, -0.05) is 23.7 Å². The summed E-state index contributed by atoms with van der Waals surface area (Å²) >= 11 is 5.81. The lowest BCUT2D eigenvalue weighted by Gasteiger charge is -2.25. The summed E-state index contributed by atoms with van der Waals surface area (Å²) in [6, 6.07) is 11.1. The zero-order chi connectivity index (χ0) is 17.1. The molecule has 0 fully saturated rings. The van der Waals surface area contributed by atoms with Crippen molar-refractivity contribution in [2.45, 2.75) is 12.5 Å². The van der Waals surface area contributed by atoms with E-state index < -0.39 is 12.0 Å². The molecule has 2 aromatic rings. The van der Waals surface area contributed by atoms with Crippen molar-refractivity contribution in [3.63, 3.8) is 0 Å². The van der Waals surface area contributed by atoms with Crippen LogP contribution < -0.4 is 10.1 Å². The molecule has 2 aromatic carbocycles. The van der Waals surface area contributed by atoms with Crippen molar-refractivity contribution in [3.05, 3.63) is 64.4 Å². The molecule has 1 aliphatic heterocycles. The molecule has 1 heterocycles. The van der Waals surface area contributed by atoms with Crippen molar-refractivity contribution in [3.8, 4) is 5.75 Å². The molecule has 1 amide bonds. The molecule has 24 heavy (non-hydrogen) atoms. The lowest BCUT2D eigenvalue weighted by Crippen LogP contribution is -2.39. The Morgan fingerprint density at radius 2 is 2.08 bits per heavy atom. The number of carbonyl (C=O) groups excluding carboxylic acids is 1. The number of hydrogen-bond donors (Lipinski definition) is 2. The maximum atomic E-state index is 13.3. The lowest BCUT2D eigenvalue weighted by molar-refractivity contribution is -0.126. The summed E-state index contributed by atoms with van der Waals surface area (Å²) < 4.78 is 18.8. The number of aliphatic hydroxyl groups is 1. The molecule has 0 saturated heterocycles. The van der Waals surface area contributed by atoms with E-state index in [-0.39, 0.29) is 24.9 Å². The molecule has 0 radical (unpaired) electrons. The van der Waals surface area contributed by atoms with Crippen LogP contribution in [0.4, 0.5) is 4.39 Å². The normalized spacial score (nSPS) is 17.5. The Balaban J connectivity index is 1.56. The van der Waals surface area contributed by atoms with Crippen LogP contribution in [-0.4, -0.2) is 24.2 Å². The van der Waals surface area contributed by atoms with E-state index in [4.69, 9.17) is 16.3 Å². The standard InChI is InChI=1S/C18H17ClFNO3/c19-14-3-1-11(2-4-14)16(22)9-21-18(23)13-7-12-8-15(20)5-6-17(12)24-10-13/h1-6,8,13,16,22H,7,9-10H2,(H,21,23). The van der Waals surface area contributed by atoms with Gasteiger partial charge in [-0.25, -0.2) is 4.39 Å². The number of benzene rings is 2. The van der Waals surface area contributed by atoms with E-state index in [0.29, 0.717) is 28.3 Å². The van der Waals surface area contributed by atoms with Crippen LogP contribution in [0.3, 0.4) is 0 Å². The van der Waals surface area contributed by atoms with Crippen LogP contribution in [0.25, 0.3) is 0 Å². The van der Waals surface area contributed by atoms with E-state index in [0.717, 1.165) is 0 Å². The number of aliphatic hydroxyl groups excluding tert-OH is 1. The summed E-state index contributed by atoms with van der Waals surface area (Å²) in [6.07, 6.45) is -0.406. The molecule has 0 saturated carbocycles. The molecular weight excluding hydrogens is 333 g/mol. The molecule has 0 aliphatic carbocycles. The number of ether oxygens (including phenoxy) is 1. The maximum absolute atomic E-state index is 13.3. The van der Waals surface area contributed by atoms with Crippen LogP contribution in [0, 0.1) is 11.7 Å². The Kier molecular flexibility index (Phi) is 5.02. The fourth-order valence-electron chi connectivity index (χ4n) is 2.68. The maximum Gasteiger partial charge on any atom is 0.226 e. The highest BCUT2D eigenvalue weighted by atomic mass is 35.5. The quantitative estimate of drug-likeness (QED) is 0.892. The largest absolute Gasteiger partial charge is 0.492 e. The molecule has 0 bridgehead atoms. The number of amides is 1. The number of halogens is 2. The Bertz CT molecular complexity index is 736. The van der Waals surface area contributed by atoms with E-state index in [2.05, 4.69) is 5.32 Å². The number of rotatable bonds is 4. The second-order valence-electron chi connectivity index (χ2n) is 5.78. The van der Waals surface area contributed by atoms with E-state index in [1.165, 1.54) is 12.1 Å². The summed E-state index contributed by atoms with van der Waals surface area (Å²) in [6.45, 7) is 0.328. The summed E-state index contributed by atoms with van der Waals surface area (Å²) in [5, 5.41) is 13.4. The van der Waals surface area contributed by atoms with Gasteiger partial charge in [-0.15, -0.1) is 0 Å². The minimum Gasteiger partial charge on any atom is -0.492 e. The average molecular weight is 350 g/mol. The van der Waals surface area contributed by atoms with Crippen molar-refractivity contribution < 1.29 is 19.0 Å². The third-order valence-corrected chi connectivity index (χ3v) is 4.28. The third kappa shape index (κ3) is 3.86. The Labute approximate surface area is 144 Å². The van der Waals surface area contributed by atoms with E-state index in [9.17, 15) is 14.3 Å². The van der Waals surface area contributed by atoms with Crippen LogP contribution in [-0.2, 0) is 11.2 Å². The molecule has 126 valence electrons. The number of carbonyl (C=O) groups is 1. The summed E-state index contributed by atoms with van der Waals surface area (Å²) in [4.78, 5) is 12.3. The highest BCUT2D eigenvalue weighted by Gasteiger charge is 2.26. The van der Waals surface area contributed by atoms with Crippen molar-refractivity contribution >= 4 is 17.5 Å². The third-order valence-electron chi connectivity index (χ3n) is 4.02. The molecule has 6 heteroatoms. The van der Waals surface area contributed by atoms with Gasteiger partial charge in [0.25, 0.3) is 0 Å². The summed E-state index contributed by atoms with van der Waals surface area (Å²) in [5.74, 6) is -0.368. The van der Waals surface area contributed by atoms with Gasteiger partial charge in [-0.05, 0) is 47.9 Å². The molecule has 2 N–H and O–H groups in total. The topological polar surface area (TPSA) is 58.6 Å². The highest BCUT2D eigenvalue weighted by molar-refractivity contribution is 6.30. The van der Waals surface area contributed by atoms with Crippen LogP contribution in [0.5, 0.6) is 5.75 Å². The van der Waals surface area contributed by atoms with Crippen LogP contribution in [0.2, 0.25) is 5.02 Å². The first-order valence-corrected chi connectivity index (χ1v) is 8.03. The fraction of sp³-hybridized carbons (Fsp3) is 0.278. The first-order valence-electron chi connectivity index (χ1n) is 7.65. The monoisotopic (exact) mass is 349 g/mol. The zero-order valence-electron chi connectivity index (χ0n) is 12.8. The minimum atomic E-state index is -0.819. The van der Waals surface area contributed by atoms with E-state index >= 15 is 0 Å². The Hall–Kier alpha value is -2.11. The lowest BCUT2D eigenvalue weighted by atomic mass is 9.96.